The van der Waals surface area contributed by atoms with Crippen molar-refractivity contribution >= 4 is 0 Å². The summed E-state index contributed by atoms with van der Waals surface area (Å²) in [6.45, 7) is 6.89. The van der Waals surface area contributed by atoms with E-state index < -0.39 is 0 Å². The van der Waals surface area contributed by atoms with Crippen molar-refractivity contribution in [2.45, 2.75) is 76.2 Å². The zero-order chi connectivity index (χ0) is 14.7. The average molecular weight is 296 g/mol. The highest BCUT2D eigenvalue weighted by atomic mass is 16.5. The Bertz CT molecular complexity index is 312. The van der Waals surface area contributed by atoms with E-state index in [0.29, 0.717) is 24.1 Å². The van der Waals surface area contributed by atoms with Gasteiger partial charge in [-0.3, -0.25) is 0 Å². The first-order valence-corrected chi connectivity index (χ1v) is 8.99. The summed E-state index contributed by atoms with van der Waals surface area (Å²) < 4.78 is 5.77. The van der Waals surface area contributed by atoms with Crippen LogP contribution in [0.25, 0.3) is 0 Å². The molecule has 0 aromatic carbocycles. The number of hydrogen-bond acceptors (Lipinski definition) is 4. The summed E-state index contributed by atoms with van der Waals surface area (Å²) in [5, 5.41) is 13.5. The summed E-state index contributed by atoms with van der Waals surface area (Å²) >= 11 is 0. The van der Waals surface area contributed by atoms with Gasteiger partial charge in [0.2, 0.25) is 0 Å². The molecule has 3 aliphatic rings. The molecule has 2 aliphatic heterocycles. The van der Waals surface area contributed by atoms with Gasteiger partial charge in [0.25, 0.3) is 0 Å². The number of nitrogens with zero attached hydrogens (tertiary/aromatic N) is 1. The predicted molar refractivity (Wildman–Crippen MR) is 84.4 cm³/mol. The maximum absolute atomic E-state index is 9.61. The lowest BCUT2D eigenvalue weighted by Gasteiger charge is -2.40. The largest absolute Gasteiger partial charge is 0.393 e. The first-order chi connectivity index (χ1) is 10.2. The molecule has 2 saturated heterocycles. The number of nitrogens with one attached hydrogen (secondary N) is 1. The highest BCUT2D eigenvalue weighted by molar-refractivity contribution is 4.88. The fraction of sp³-hybridized carbons (Fsp3) is 1.00. The van der Waals surface area contributed by atoms with Gasteiger partial charge in [0, 0.05) is 31.8 Å². The molecule has 2 heterocycles. The number of piperidine rings is 1. The van der Waals surface area contributed by atoms with Gasteiger partial charge in [-0.15, -0.1) is 0 Å². The molecule has 0 aromatic rings. The van der Waals surface area contributed by atoms with E-state index in [9.17, 15) is 5.11 Å². The van der Waals surface area contributed by atoms with E-state index in [1.54, 1.807) is 0 Å². The molecule has 0 spiro atoms. The third-order valence-corrected chi connectivity index (χ3v) is 5.62. The minimum absolute atomic E-state index is 0.0475. The van der Waals surface area contributed by atoms with Crippen molar-refractivity contribution in [1.29, 1.82) is 0 Å². The van der Waals surface area contributed by atoms with Gasteiger partial charge in [0.15, 0.2) is 0 Å². The van der Waals surface area contributed by atoms with Crippen LogP contribution in [0.5, 0.6) is 0 Å². The number of ether oxygens (including phenoxy) is 1. The van der Waals surface area contributed by atoms with Crippen LogP contribution in [0.3, 0.4) is 0 Å². The molecular formula is C17H32N2O2. The first-order valence-electron chi connectivity index (χ1n) is 8.99. The second-order valence-electron chi connectivity index (χ2n) is 7.44. The molecule has 21 heavy (non-hydrogen) atoms. The van der Waals surface area contributed by atoms with Gasteiger partial charge >= 0.3 is 0 Å². The van der Waals surface area contributed by atoms with E-state index in [4.69, 9.17) is 4.74 Å². The van der Waals surface area contributed by atoms with Crippen LogP contribution in [0.2, 0.25) is 0 Å². The first kappa shape index (κ1) is 15.7. The zero-order valence-electron chi connectivity index (χ0n) is 13.5. The quantitative estimate of drug-likeness (QED) is 0.830. The van der Waals surface area contributed by atoms with E-state index in [1.165, 1.54) is 32.4 Å². The second kappa shape index (κ2) is 7.40. The standard InChI is InChI=1S/C17H32N2O2/c1-13-11-19(12-16-3-2-10-21-16)9-8-17(13)18-14-4-6-15(20)7-5-14/h13-18,20H,2-12H2,1H3. The van der Waals surface area contributed by atoms with Crippen LogP contribution in [0.15, 0.2) is 0 Å². The Kier molecular flexibility index (Phi) is 5.54. The van der Waals surface area contributed by atoms with Crippen LogP contribution in [0.1, 0.15) is 51.9 Å². The van der Waals surface area contributed by atoms with Crippen molar-refractivity contribution < 1.29 is 9.84 Å². The molecular weight excluding hydrogens is 264 g/mol. The van der Waals surface area contributed by atoms with Crippen LogP contribution >= 0.6 is 0 Å². The zero-order valence-corrected chi connectivity index (χ0v) is 13.5. The van der Waals surface area contributed by atoms with E-state index in [-0.39, 0.29) is 6.10 Å². The molecule has 4 heteroatoms. The summed E-state index contributed by atoms with van der Waals surface area (Å²) in [5.41, 5.74) is 0. The van der Waals surface area contributed by atoms with Gasteiger partial charge in [-0.25, -0.2) is 0 Å². The Morgan fingerprint density at radius 2 is 1.95 bits per heavy atom. The monoisotopic (exact) mass is 296 g/mol. The highest BCUT2D eigenvalue weighted by Gasteiger charge is 2.30. The van der Waals surface area contributed by atoms with E-state index >= 15 is 0 Å². The number of aliphatic hydroxyl groups excluding tert-OH is 1. The van der Waals surface area contributed by atoms with E-state index in [2.05, 4.69) is 17.1 Å². The molecule has 3 rings (SSSR count). The Hall–Kier alpha value is -0.160. The van der Waals surface area contributed by atoms with Crippen molar-refractivity contribution in [2.24, 2.45) is 5.92 Å². The smallest absolute Gasteiger partial charge is 0.0702 e. The molecule has 1 aliphatic carbocycles. The van der Waals surface area contributed by atoms with Gasteiger partial charge in [-0.2, -0.15) is 0 Å². The van der Waals surface area contributed by atoms with Crippen molar-refractivity contribution in [3.8, 4) is 0 Å². The van der Waals surface area contributed by atoms with Crippen molar-refractivity contribution in [1.82, 2.24) is 10.2 Å². The van der Waals surface area contributed by atoms with Crippen LogP contribution in [-0.2, 0) is 4.74 Å². The molecule has 3 unspecified atom stereocenters. The Labute approximate surface area is 129 Å². The summed E-state index contributed by atoms with van der Waals surface area (Å²) in [5.74, 6) is 0.715. The second-order valence-corrected chi connectivity index (χ2v) is 7.44. The fourth-order valence-corrected chi connectivity index (χ4v) is 4.27. The lowest BCUT2D eigenvalue weighted by molar-refractivity contribution is 0.0475. The molecule has 0 amide bonds. The Morgan fingerprint density at radius 3 is 2.62 bits per heavy atom. The third-order valence-electron chi connectivity index (χ3n) is 5.62. The fourth-order valence-electron chi connectivity index (χ4n) is 4.27. The topological polar surface area (TPSA) is 44.7 Å². The molecule has 3 atom stereocenters. The van der Waals surface area contributed by atoms with Crippen LogP contribution in [-0.4, -0.2) is 60.5 Å². The molecule has 1 saturated carbocycles. The van der Waals surface area contributed by atoms with Crippen molar-refractivity contribution in [2.75, 3.05) is 26.2 Å². The number of aliphatic hydroxyl groups is 1. The molecule has 2 N–H and O–H groups in total. The summed E-state index contributed by atoms with van der Waals surface area (Å²) in [6.07, 6.45) is 8.42. The Morgan fingerprint density at radius 1 is 1.14 bits per heavy atom. The lowest BCUT2D eigenvalue weighted by atomic mass is 9.88. The maximum Gasteiger partial charge on any atom is 0.0702 e. The molecule has 3 fully saturated rings. The number of rotatable bonds is 4. The van der Waals surface area contributed by atoms with Gasteiger partial charge < -0.3 is 20.1 Å². The van der Waals surface area contributed by atoms with Crippen molar-refractivity contribution in [3.05, 3.63) is 0 Å². The van der Waals surface area contributed by atoms with Gasteiger partial charge in [-0.1, -0.05) is 6.92 Å². The highest BCUT2D eigenvalue weighted by Crippen LogP contribution is 2.24. The van der Waals surface area contributed by atoms with Crippen LogP contribution in [0.4, 0.5) is 0 Å². The number of likely N-dealkylation sites (tertiary alicyclic amines) is 1. The van der Waals surface area contributed by atoms with E-state index in [1.807, 2.05) is 0 Å². The SMILES string of the molecule is CC1CN(CC2CCCO2)CCC1NC1CCC(O)CC1. The molecule has 122 valence electrons. The molecule has 4 nitrogen and oxygen atoms in total. The maximum atomic E-state index is 9.61. The summed E-state index contributed by atoms with van der Waals surface area (Å²) in [7, 11) is 0. The molecule has 0 radical (unpaired) electrons. The van der Waals surface area contributed by atoms with Gasteiger partial charge in [-0.05, 0) is 57.4 Å². The predicted octanol–water partition coefficient (Wildman–Crippen LogP) is 1.77. The van der Waals surface area contributed by atoms with E-state index in [0.717, 1.165) is 38.8 Å². The number of hydrogen-bond donors (Lipinski definition) is 2. The lowest BCUT2D eigenvalue weighted by Crippen LogP contribution is -2.52. The van der Waals surface area contributed by atoms with Gasteiger partial charge in [0.05, 0.1) is 12.2 Å². The third kappa shape index (κ3) is 4.41. The molecule has 0 aromatic heterocycles. The minimum Gasteiger partial charge on any atom is -0.393 e. The van der Waals surface area contributed by atoms with Crippen LogP contribution in [0, 0.1) is 5.92 Å². The van der Waals surface area contributed by atoms with Gasteiger partial charge in [0.1, 0.15) is 0 Å². The van der Waals surface area contributed by atoms with Crippen molar-refractivity contribution in [3.63, 3.8) is 0 Å². The molecule has 0 bridgehead atoms. The Balaban J connectivity index is 1.40. The summed E-state index contributed by atoms with van der Waals surface area (Å²) in [6, 6.07) is 1.29. The normalized spacial score (nSPS) is 42.3. The summed E-state index contributed by atoms with van der Waals surface area (Å²) in [4.78, 5) is 2.60. The minimum atomic E-state index is -0.0475. The average Bonchev–Trinajstić information content (AvgIpc) is 2.97. The van der Waals surface area contributed by atoms with Crippen LogP contribution < -0.4 is 5.32 Å².